The Bertz CT molecular complexity index is 845. The van der Waals surface area contributed by atoms with E-state index < -0.39 is 17.7 Å². The molecule has 0 radical (unpaired) electrons. The molecule has 0 aliphatic carbocycles. The van der Waals surface area contributed by atoms with Gasteiger partial charge in [-0.1, -0.05) is 12.1 Å². The first-order valence-corrected chi connectivity index (χ1v) is 9.70. The number of hydrogen-bond acceptors (Lipinski definition) is 3. The number of anilines is 1. The molecule has 2 aromatic rings. The van der Waals surface area contributed by atoms with E-state index in [1.165, 1.54) is 17.0 Å². The van der Waals surface area contributed by atoms with Gasteiger partial charge in [0, 0.05) is 18.3 Å². The summed E-state index contributed by atoms with van der Waals surface area (Å²) in [5.74, 6) is -0.935. The molecule has 3 saturated heterocycles. The molecule has 0 N–H and O–H groups in total. The monoisotopic (exact) mass is 386 g/mol. The van der Waals surface area contributed by atoms with E-state index in [0.29, 0.717) is 17.2 Å². The van der Waals surface area contributed by atoms with Gasteiger partial charge in [0.1, 0.15) is 17.7 Å². The quantitative estimate of drug-likeness (QED) is 0.775. The van der Waals surface area contributed by atoms with Crippen molar-refractivity contribution in [1.82, 2.24) is 4.90 Å². The van der Waals surface area contributed by atoms with Crippen molar-refractivity contribution in [3.05, 3.63) is 65.2 Å². The highest BCUT2D eigenvalue weighted by atomic mass is 19.1. The number of aryl methyl sites for hydroxylation is 1. The molecule has 148 valence electrons. The number of benzene rings is 2. The number of ether oxygens (including phenoxy) is 1. The van der Waals surface area contributed by atoms with Crippen molar-refractivity contribution in [2.75, 3.05) is 24.5 Å². The second-order valence-electron chi connectivity index (χ2n) is 7.76. The van der Waals surface area contributed by atoms with Crippen molar-refractivity contribution >= 4 is 11.8 Å². The number of fused-ring (bicyclic) bond motifs is 3. The number of halogens is 2. The number of rotatable bonds is 4. The molecule has 2 aromatic carbocycles. The standard InChI is InChI=1S/C22H24F2N2O2/c1-15-3-2-4-20(9-15)26(13-16-10-18(23)12-19(24)11-16)22(27)28-21-14-25-7-5-17(21)6-8-25/h2-4,9-12,17,21H,5-8,13-14H2,1H3. The van der Waals surface area contributed by atoms with Crippen LogP contribution in [0.1, 0.15) is 24.0 Å². The minimum Gasteiger partial charge on any atom is -0.444 e. The normalized spacial score (nSPS) is 23.5. The Morgan fingerprint density at radius 3 is 2.46 bits per heavy atom. The molecular weight excluding hydrogens is 362 g/mol. The predicted molar refractivity (Wildman–Crippen MR) is 103 cm³/mol. The molecule has 0 spiro atoms. The summed E-state index contributed by atoms with van der Waals surface area (Å²) in [5, 5.41) is 0. The zero-order chi connectivity index (χ0) is 19.7. The number of carbonyl (C=O) groups is 1. The van der Waals surface area contributed by atoms with Gasteiger partial charge in [0.25, 0.3) is 0 Å². The fourth-order valence-electron chi connectivity index (χ4n) is 4.18. The number of hydrogen-bond donors (Lipinski definition) is 0. The summed E-state index contributed by atoms with van der Waals surface area (Å²) >= 11 is 0. The Morgan fingerprint density at radius 1 is 1.14 bits per heavy atom. The Hall–Kier alpha value is -2.47. The molecule has 1 atom stereocenters. The van der Waals surface area contributed by atoms with Gasteiger partial charge in [-0.3, -0.25) is 9.80 Å². The minimum atomic E-state index is -0.662. The van der Waals surface area contributed by atoms with Crippen LogP contribution in [-0.4, -0.2) is 36.7 Å². The first-order valence-electron chi connectivity index (χ1n) is 9.70. The molecule has 0 saturated carbocycles. The summed E-state index contributed by atoms with van der Waals surface area (Å²) in [6.07, 6.45) is 1.47. The smallest absolute Gasteiger partial charge is 0.414 e. The molecule has 5 rings (SSSR count). The van der Waals surface area contributed by atoms with E-state index in [-0.39, 0.29) is 12.6 Å². The van der Waals surface area contributed by atoms with Crippen LogP contribution >= 0.6 is 0 Å². The molecular formula is C22H24F2N2O2. The second kappa shape index (κ2) is 7.87. The van der Waals surface area contributed by atoms with Gasteiger partial charge < -0.3 is 4.74 Å². The maximum Gasteiger partial charge on any atom is 0.414 e. The maximum absolute atomic E-state index is 13.6. The van der Waals surface area contributed by atoms with Crippen LogP contribution in [0.3, 0.4) is 0 Å². The lowest BCUT2D eigenvalue weighted by Gasteiger charge is -2.44. The van der Waals surface area contributed by atoms with E-state index in [1.807, 2.05) is 25.1 Å². The first kappa shape index (κ1) is 18.9. The number of amides is 1. The topological polar surface area (TPSA) is 32.8 Å². The van der Waals surface area contributed by atoms with Crippen LogP contribution in [-0.2, 0) is 11.3 Å². The van der Waals surface area contributed by atoms with Crippen LogP contribution < -0.4 is 4.90 Å². The van der Waals surface area contributed by atoms with Gasteiger partial charge in [0.2, 0.25) is 0 Å². The third kappa shape index (κ3) is 4.17. The Labute approximate surface area is 163 Å². The van der Waals surface area contributed by atoms with E-state index in [4.69, 9.17) is 4.74 Å². The average Bonchev–Trinajstić information content (AvgIpc) is 2.66. The molecule has 1 unspecified atom stereocenters. The lowest BCUT2D eigenvalue weighted by Crippen LogP contribution is -2.53. The summed E-state index contributed by atoms with van der Waals surface area (Å²) < 4.78 is 33.2. The van der Waals surface area contributed by atoms with E-state index in [2.05, 4.69) is 4.90 Å². The van der Waals surface area contributed by atoms with Crippen LogP contribution in [0.25, 0.3) is 0 Å². The minimum absolute atomic E-state index is 0.0397. The highest BCUT2D eigenvalue weighted by Gasteiger charge is 2.37. The van der Waals surface area contributed by atoms with E-state index in [9.17, 15) is 13.6 Å². The van der Waals surface area contributed by atoms with Crippen molar-refractivity contribution in [1.29, 1.82) is 0 Å². The highest BCUT2D eigenvalue weighted by Crippen LogP contribution is 2.31. The first-order chi connectivity index (χ1) is 13.5. The lowest BCUT2D eigenvalue weighted by atomic mass is 9.86. The van der Waals surface area contributed by atoms with Gasteiger partial charge in [-0.15, -0.1) is 0 Å². The Kier molecular flexibility index (Phi) is 5.31. The predicted octanol–water partition coefficient (Wildman–Crippen LogP) is 4.51. The SMILES string of the molecule is Cc1cccc(N(Cc2cc(F)cc(F)c2)C(=O)OC2CN3CCC2CC3)c1. The molecule has 3 aliphatic heterocycles. The van der Waals surface area contributed by atoms with Gasteiger partial charge in [-0.05, 0) is 74.2 Å². The number of carbonyl (C=O) groups excluding carboxylic acids is 1. The van der Waals surface area contributed by atoms with E-state index in [1.54, 1.807) is 6.07 Å². The highest BCUT2D eigenvalue weighted by molar-refractivity contribution is 5.87. The third-order valence-corrected chi connectivity index (χ3v) is 5.65. The molecule has 3 heterocycles. The maximum atomic E-state index is 13.6. The summed E-state index contributed by atoms with van der Waals surface area (Å²) in [6, 6.07) is 10.8. The van der Waals surface area contributed by atoms with Gasteiger partial charge in [-0.2, -0.15) is 0 Å². The van der Waals surface area contributed by atoms with Crippen LogP contribution in [0, 0.1) is 24.5 Å². The van der Waals surface area contributed by atoms with Gasteiger partial charge in [0.15, 0.2) is 0 Å². The van der Waals surface area contributed by atoms with Crippen molar-refractivity contribution in [2.24, 2.45) is 5.92 Å². The lowest BCUT2D eigenvalue weighted by molar-refractivity contribution is -0.0311. The van der Waals surface area contributed by atoms with Crippen LogP contribution in [0.5, 0.6) is 0 Å². The second-order valence-corrected chi connectivity index (χ2v) is 7.76. The molecule has 28 heavy (non-hydrogen) atoms. The Balaban J connectivity index is 1.58. The third-order valence-electron chi connectivity index (χ3n) is 5.65. The molecule has 3 fully saturated rings. The van der Waals surface area contributed by atoms with Crippen molar-refractivity contribution < 1.29 is 18.3 Å². The van der Waals surface area contributed by atoms with Gasteiger partial charge in [-0.25, -0.2) is 13.6 Å². The van der Waals surface area contributed by atoms with Crippen LogP contribution in [0.2, 0.25) is 0 Å². The molecule has 2 bridgehead atoms. The van der Waals surface area contributed by atoms with Crippen molar-refractivity contribution in [3.63, 3.8) is 0 Å². The zero-order valence-corrected chi connectivity index (χ0v) is 15.9. The summed E-state index contributed by atoms with van der Waals surface area (Å²) in [5.41, 5.74) is 2.02. The van der Waals surface area contributed by atoms with Gasteiger partial charge >= 0.3 is 6.09 Å². The van der Waals surface area contributed by atoms with Crippen molar-refractivity contribution in [3.8, 4) is 0 Å². The molecule has 6 heteroatoms. The number of piperidine rings is 3. The molecule has 3 aliphatic rings. The summed E-state index contributed by atoms with van der Waals surface area (Å²) in [7, 11) is 0. The van der Waals surface area contributed by atoms with Crippen molar-refractivity contribution in [2.45, 2.75) is 32.4 Å². The van der Waals surface area contributed by atoms with E-state index in [0.717, 1.165) is 44.1 Å². The van der Waals surface area contributed by atoms with Crippen LogP contribution in [0.4, 0.5) is 19.3 Å². The number of nitrogens with zero attached hydrogens (tertiary/aromatic N) is 2. The summed E-state index contributed by atoms with van der Waals surface area (Å²) in [6.45, 7) is 4.85. The van der Waals surface area contributed by atoms with Gasteiger partial charge in [0.05, 0.1) is 6.54 Å². The summed E-state index contributed by atoms with van der Waals surface area (Å²) in [4.78, 5) is 16.8. The fraction of sp³-hybridized carbons (Fsp3) is 0.409. The largest absolute Gasteiger partial charge is 0.444 e. The molecule has 1 amide bonds. The van der Waals surface area contributed by atoms with Crippen LogP contribution in [0.15, 0.2) is 42.5 Å². The zero-order valence-electron chi connectivity index (χ0n) is 15.9. The molecule has 0 aromatic heterocycles. The Morgan fingerprint density at radius 2 is 1.86 bits per heavy atom. The molecule has 4 nitrogen and oxygen atoms in total. The average molecular weight is 386 g/mol. The van der Waals surface area contributed by atoms with E-state index >= 15 is 0 Å². The fourth-order valence-corrected chi connectivity index (χ4v) is 4.18.